The molecule has 0 aromatic heterocycles. The summed E-state index contributed by atoms with van der Waals surface area (Å²) in [5, 5.41) is 6.97. The predicted molar refractivity (Wildman–Crippen MR) is 77.2 cm³/mol. The van der Waals surface area contributed by atoms with E-state index in [-0.39, 0.29) is 0 Å². The molecule has 82 valence electrons. The molecule has 17 heavy (non-hydrogen) atoms. The number of rotatable bonds is 0. The third-order valence-corrected chi connectivity index (χ3v) is 4.45. The molecule has 0 bridgehead atoms. The lowest BCUT2D eigenvalue weighted by atomic mass is 9.90. The molecule has 0 saturated heterocycles. The summed E-state index contributed by atoms with van der Waals surface area (Å²) in [6, 6.07) is 13.4. The zero-order valence-electron chi connectivity index (χ0n) is 9.33. The van der Waals surface area contributed by atoms with E-state index in [0.29, 0.717) is 0 Å². The highest BCUT2D eigenvalue weighted by Gasteiger charge is 2.11. The molecule has 0 unspecified atom stereocenters. The molecule has 0 saturated carbocycles. The van der Waals surface area contributed by atoms with Crippen molar-refractivity contribution in [3.8, 4) is 0 Å². The fourth-order valence-corrected chi connectivity index (χ4v) is 3.44. The van der Waals surface area contributed by atoms with Gasteiger partial charge in [-0.15, -0.1) is 0 Å². The molecule has 1 aliphatic rings. The minimum absolute atomic E-state index is 1.17. The van der Waals surface area contributed by atoms with Crippen molar-refractivity contribution in [3.63, 3.8) is 0 Å². The summed E-state index contributed by atoms with van der Waals surface area (Å²) < 4.78 is 1.19. The Balaban J connectivity index is 2.43. The molecule has 0 fully saturated rings. The standard InChI is InChI=1S/C16H11Br/c17-14-9-7-12-5-4-10-2-1-3-11-6-8-13(14)16(12)15(10)11/h3-9H,1-2H2. The first-order chi connectivity index (χ1) is 8.34. The normalized spacial score (nSPS) is 14.2. The van der Waals surface area contributed by atoms with Crippen molar-refractivity contribution < 1.29 is 0 Å². The lowest BCUT2D eigenvalue weighted by molar-refractivity contribution is 1.04. The maximum absolute atomic E-state index is 3.66. The molecular formula is C16H11Br. The number of halogens is 1. The third kappa shape index (κ3) is 1.23. The smallest absolute Gasteiger partial charge is 0.0254 e. The van der Waals surface area contributed by atoms with Crippen LogP contribution in [-0.4, -0.2) is 0 Å². The predicted octanol–water partition coefficient (Wildman–Crippen LogP) is 4.20. The zero-order valence-corrected chi connectivity index (χ0v) is 10.9. The van der Waals surface area contributed by atoms with Gasteiger partial charge < -0.3 is 0 Å². The monoisotopic (exact) mass is 282 g/mol. The van der Waals surface area contributed by atoms with E-state index in [9.17, 15) is 0 Å². The van der Waals surface area contributed by atoms with Gasteiger partial charge in [0, 0.05) is 4.47 Å². The van der Waals surface area contributed by atoms with Gasteiger partial charge in [0.15, 0.2) is 0 Å². The van der Waals surface area contributed by atoms with Crippen molar-refractivity contribution in [1.29, 1.82) is 0 Å². The second-order valence-electron chi connectivity index (χ2n) is 4.69. The molecule has 4 rings (SSSR count). The zero-order chi connectivity index (χ0) is 11.4. The van der Waals surface area contributed by atoms with Crippen molar-refractivity contribution in [1.82, 2.24) is 0 Å². The lowest BCUT2D eigenvalue weighted by Crippen LogP contribution is -2.09. The highest BCUT2D eigenvalue weighted by molar-refractivity contribution is 9.10. The second kappa shape index (κ2) is 3.33. The van der Waals surface area contributed by atoms with Crippen LogP contribution in [0.5, 0.6) is 0 Å². The Morgan fingerprint density at radius 2 is 1.76 bits per heavy atom. The van der Waals surface area contributed by atoms with Gasteiger partial charge in [0.1, 0.15) is 0 Å². The summed E-state index contributed by atoms with van der Waals surface area (Å²) in [6.45, 7) is 0. The van der Waals surface area contributed by atoms with Gasteiger partial charge in [0.2, 0.25) is 0 Å². The summed E-state index contributed by atoms with van der Waals surface area (Å²) in [4.78, 5) is 0. The van der Waals surface area contributed by atoms with Crippen LogP contribution in [0, 0.1) is 0 Å². The van der Waals surface area contributed by atoms with Gasteiger partial charge in [-0.2, -0.15) is 0 Å². The largest absolute Gasteiger partial charge is 0.0763 e. The summed E-state index contributed by atoms with van der Waals surface area (Å²) >= 11 is 3.66. The first-order valence-electron chi connectivity index (χ1n) is 5.97. The minimum atomic E-state index is 1.17. The van der Waals surface area contributed by atoms with Crippen molar-refractivity contribution in [2.24, 2.45) is 0 Å². The maximum atomic E-state index is 3.66. The lowest BCUT2D eigenvalue weighted by Gasteiger charge is -2.15. The molecule has 0 heterocycles. The quantitative estimate of drug-likeness (QED) is 0.580. The second-order valence-corrected chi connectivity index (χ2v) is 5.54. The summed E-state index contributed by atoms with van der Waals surface area (Å²) in [6.07, 6.45) is 4.71. The SMILES string of the molecule is Brc1ccc2ccc3c4c(ccc1c24)=CCC3. The van der Waals surface area contributed by atoms with Gasteiger partial charge in [-0.05, 0) is 51.2 Å². The Labute approximate surface area is 108 Å². The van der Waals surface area contributed by atoms with E-state index < -0.39 is 0 Å². The van der Waals surface area contributed by atoms with Crippen molar-refractivity contribution >= 4 is 43.6 Å². The number of benzene rings is 3. The maximum Gasteiger partial charge on any atom is 0.0254 e. The minimum Gasteiger partial charge on any atom is -0.0763 e. The van der Waals surface area contributed by atoms with Gasteiger partial charge in [-0.3, -0.25) is 0 Å². The molecule has 0 aliphatic heterocycles. The van der Waals surface area contributed by atoms with Gasteiger partial charge in [0.05, 0.1) is 0 Å². The van der Waals surface area contributed by atoms with Gasteiger partial charge >= 0.3 is 0 Å². The van der Waals surface area contributed by atoms with Crippen LogP contribution in [0.3, 0.4) is 0 Å². The van der Waals surface area contributed by atoms with Crippen LogP contribution >= 0.6 is 15.9 Å². The molecule has 3 aromatic carbocycles. The van der Waals surface area contributed by atoms with Gasteiger partial charge in [-0.25, -0.2) is 0 Å². The van der Waals surface area contributed by atoms with Crippen LogP contribution in [0.1, 0.15) is 12.0 Å². The highest BCUT2D eigenvalue weighted by Crippen LogP contribution is 2.33. The Bertz CT molecular complexity index is 799. The van der Waals surface area contributed by atoms with Crippen molar-refractivity contribution in [2.75, 3.05) is 0 Å². The van der Waals surface area contributed by atoms with Gasteiger partial charge in [0.25, 0.3) is 0 Å². The molecule has 1 aliphatic carbocycles. The molecule has 0 radical (unpaired) electrons. The molecule has 1 heteroatoms. The van der Waals surface area contributed by atoms with E-state index in [1.165, 1.54) is 49.6 Å². The first kappa shape index (κ1) is 9.67. The van der Waals surface area contributed by atoms with E-state index in [1.807, 2.05) is 0 Å². The molecule has 0 nitrogen and oxygen atoms in total. The van der Waals surface area contributed by atoms with Gasteiger partial charge in [-0.1, -0.05) is 52.3 Å². The van der Waals surface area contributed by atoms with Crippen LogP contribution in [0.25, 0.3) is 27.6 Å². The van der Waals surface area contributed by atoms with Crippen LogP contribution in [0.15, 0.2) is 40.9 Å². The number of aryl methyl sites for hydroxylation is 1. The Kier molecular flexibility index (Phi) is 1.89. The molecule has 0 N–H and O–H groups in total. The van der Waals surface area contributed by atoms with E-state index in [2.05, 4.69) is 58.4 Å². The van der Waals surface area contributed by atoms with E-state index in [4.69, 9.17) is 0 Å². The first-order valence-corrected chi connectivity index (χ1v) is 6.76. The van der Waals surface area contributed by atoms with Crippen LogP contribution in [0.2, 0.25) is 0 Å². The van der Waals surface area contributed by atoms with Crippen molar-refractivity contribution in [3.05, 3.63) is 51.7 Å². The average Bonchev–Trinajstić information content (AvgIpc) is 2.38. The Morgan fingerprint density at radius 3 is 2.71 bits per heavy atom. The Morgan fingerprint density at radius 1 is 0.882 bits per heavy atom. The molecule has 0 atom stereocenters. The third-order valence-electron chi connectivity index (χ3n) is 3.76. The molecule has 3 aromatic rings. The number of hydrogen-bond acceptors (Lipinski definition) is 0. The topological polar surface area (TPSA) is 0 Å². The van der Waals surface area contributed by atoms with Crippen LogP contribution in [0.4, 0.5) is 0 Å². The van der Waals surface area contributed by atoms with Crippen LogP contribution < -0.4 is 5.22 Å². The van der Waals surface area contributed by atoms with E-state index >= 15 is 0 Å². The van der Waals surface area contributed by atoms with Crippen LogP contribution in [-0.2, 0) is 6.42 Å². The van der Waals surface area contributed by atoms with E-state index in [1.54, 1.807) is 0 Å². The molecule has 0 amide bonds. The summed E-state index contributed by atoms with van der Waals surface area (Å²) in [5.74, 6) is 0. The summed E-state index contributed by atoms with van der Waals surface area (Å²) in [7, 11) is 0. The summed E-state index contributed by atoms with van der Waals surface area (Å²) in [5.41, 5.74) is 1.50. The van der Waals surface area contributed by atoms with Crippen molar-refractivity contribution in [2.45, 2.75) is 12.8 Å². The molecular weight excluding hydrogens is 272 g/mol. The fraction of sp³-hybridized carbons (Fsp3) is 0.125. The molecule has 0 spiro atoms. The highest BCUT2D eigenvalue weighted by atomic mass is 79.9. The Hall–Kier alpha value is -1.34. The number of hydrogen-bond donors (Lipinski definition) is 0. The van der Waals surface area contributed by atoms with E-state index in [0.717, 1.165) is 0 Å². The fourth-order valence-electron chi connectivity index (χ4n) is 2.97. The average molecular weight is 283 g/mol.